The van der Waals surface area contributed by atoms with Crippen molar-refractivity contribution in [1.82, 2.24) is 15.5 Å². The smallest absolute Gasteiger partial charge is 0.147 e. The first-order chi connectivity index (χ1) is 8.81. The number of nitrogens with one attached hydrogen (secondary N) is 1. The molecule has 94 valence electrons. The molecule has 1 aliphatic carbocycles. The normalized spacial score (nSPS) is 14.9. The molecule has 0 unspecified atom stereocenters. The minimum Gasteiger partial charge on any atom is -0.314 e. The predicted molar refractivity (Wildman–Crippen MR) is 82.8 cm³/mol. The fourth-order valence-electron chi connectivity index (χ4n) is 1.76. The van der Waals surface area contributed by atoms with E-state index in [1.54, 1.807) is 11.3 Å². The maximum absolute atomic E-state index is 4.28. The molecule has 1 heterocycles. The van der Waals surface area contributed by atoms with E-state index < -0.39 is 0 Å². The van der Waals surface area contributed by atoms with Gasteiger partial charge in [-0.2, -0.15) is 0 Å². The third-order valence-corrected chi connectivity index (χ3v) is 4.59. The molecule has 0 atom stereocenters. The molecule has 0 spiro atoms. The van der Waals surface area contributed by atoms with Gasteiger partial charge in [-0.15, -0.1) is 10.2 Å². The minimum atomic E-state index is 0.771. The van der Waals surface area contributed by atoms with Crippen LogP contribution >= 0.6 is 33.9 Å². The van der Waals surface area contributed by atoms with Crippen LogP contribution in [-0.4, -0.2) is 22.8 Å². The lowest BCUT2D eigenvalue weighted by atomic mass is 10.2. The molecule has 0 amide bonds. The monoisotopic (exact) mass is 371 g/mol. The molecule has 1 aliphatic rings. The van der Waals surface area contributed by atoms with Gasteiger partial charge in [0.25, 0.3) is 0 Å². The summed E-state index contributed by atoms with van der Waals surface area (Å²) in [6.45, 7) is 1.02. The Labute approximate surface area is 124 Å². The van der Waals surface area contributed by atoms with Gasteiger partial charge in [-0.1, -0.05) is 23.5 Å². The first-order valence-electron chi connectivity index (χ1n) is 6.13. The molecule has 0 saturated heterocycles. The third kappa shape index (κ3) is 3.27. The molecule has 0 aliphatic heterocycles. The largest absolute Gasteiger partial charge is 0.314 e. The summed E-state index contributed by atoms with van der Waals surface area (Å²) in [5.74, 6) is 0. The van der Waals surface area contributed by atoms with E-state index in [9.17, 15) is 0 Å². The van der Waals surface area contributed by atoms with Gasteiger partial charge in [0.15, 0.2) is 0 Å². The van der Waals surface area contributed by atoms with Crippen LogP contribution in [0.2, 0.25) is 0 Å². The lowest BCUT2D eigenvalue weighted by Gasteiger charge is -1.98. The molecule has 1 saturated carbocycles. The van der Waals surface area contributed by atoms with E-state index in [2.05, 4.69) is 62.4 Å². The second-order valence-electron chi connectivity index (χ2n) is 4.49. The SMILES string of the molecule is Ic1cccc(-c2nnc(CCNC3CC3)s2)c1. The predicted octanol–water partition coefficient (Wildman–Crippen LogP) is 3.10. The lowest BCUT2D eigenvalue weighted by molar-refractivity contribution is 0.677. The molecule has 1 aromatic carbocycles. The highest BCUT2D eigenvalue weighted by Crippen LogP contribution is 2.25. The van der Waals surface area contributed by atoms with Crippen LogP contribution < -0.4 is 5.32 Å². The summed E-state index contributed by atoms with van der Waals surface area (Å²) in [4.78, 5) is 0. The Bertz CT molecular complexity index is 537. The fourth-order valence-corrected chi connectivity index (χ4v) is 3.14. The van der Waals surface area contributed by atoms with Crippen LogP contribution in [0.15, 0.2) is 24.3 Å². The zero-order valence-corrected chi connectivity index (χ0v) is 12.9. The Morgan fingerprint density at radius 3 is 3.00 bits per heavy atom. The first-order valence-corrected chi connectivity index (χ1v) is 8.02. The van der Waals surface area contributed by atoms with Gasteiger partial charge in [0, 0.05) is 28.1 Å². The van der Waals surface area contributed by atoms with Crippen LogP contribution in [0.1, 0.15) is 17.8 Å². The van der Waals surface area contributed by atoms with Gasteiger partial charge in [0.1, 0.15) is 10.0 Å². The van der Waals surface area contributed by atoms with Gasteiger partial charge in [0.05, 0.1) is 0 Å². The van der Waals surface area contributed by atoms with Gasteiger partial charge in [-0.3, -0.25) is 0 Å². The van der Waals surface area contributed by atoms with Gasteiger partial charge < -0.3 is 5.32 Å². The molecule has 18 heavy (non-hydrogen) atoms. The standard InChI is InChI=1S/C13H14IN3S/c14-10-3-1-2-9(8-10)13-17-16-12(18-13)6-7-15-11-4-5-11/h1-3,8,11,15H,4-7H2. The van der Waals surface area contributed by atoms with Crippen LogP contribution in [0.25, 0.3) is 10.6 Å². The molecule has 3 nitrogen and oxygen atoms in total. The maximum Gasteiger partial charge on any atom is 0.147 e. The zero-order valence-electron chi connectivity index (χ0n) is 9.90. The average molecular weight is 371 g/mol. The molecular weight excluding hydrogens is 357 g/mol. The summed E-state index contributed by atoms with van der Waals surface area (Å²) in [5.41, 5.74) is 1.17. The Morgan fingerprint density at radius 1 is 1.33 bits per heavy atom. The van der Waals surface area contributed by atoms with E-state index in [-0.39, 0.29) is 0 Å². The molecule has 1 fully saturated rings. The number of rotatable bonds is 5. The summed E-state index contributed by atoms with van der Waals surface area (Å²) < 4.78 is 1.23. The number of aromatic nitrogens is 2. The number of benzene rings is 1. The van der Waals surface area contributed by atoms with Crippen LogP contribution in [0.3, 0.4) is 0 Å². The highest BCUT2D eigenvalue weighted by molar-refractivity contribution is 14.1. The van der Waals surface area contributed by atoms with Crippen LogP contribution in [0.5, 0.6) is 0 Å². The van der Waals surface area contributed by atoms with Gasteiger partial charge in [-0.25, -0.2) is 0 Å². The molecule has 1 aromatic heterocycles. The number of halogens is 1. The molecule has 3 rings (SSSR count). The second kappa shape index (κ2) is 5.63. The summed E-state index contributed by atoms with van der Waals surface area (Å²) in [6, 6.07) is 9.16. The summed E-state index contributed by atoms with van der Waals surface area (Å²) in [7, 11) is 0. The van der Waals surface area contributed by atoms with Crippen LogP contribution in [0.4, 0.5) is 0 Å². The average Bonchev–Trinajstić information content (AvgIpc) is 3.06. The van der Waals surface area contributed by atoms with Crippen LogP contribution in [0, 0.1) is 3.57 Å². The fraction of sp³-hybridized carbons (Fsp3) is 0.385. The number of hydrogen-bond acceptors (Lipinski definition) is 4. The third-order valence-electron chi connectivity index (χ3n) is 2.89. The quantitative estimate of drug-likeness (QED) is 0.821. The summed E-state index contributed by atoms with van der Waals surface area (Å²) in [5, 5.41) is 14.2. The molecule has 1 N–H and O–H groups in total. The van der Waals surface area contributed by atoms with E-state index >= 15 is 0 Å². The van der Waals surface area contributed by atoms with E-state index in [1.165, 1.54) is 22.0 Å². The van der Waals surface area contributed by atoms with Crippen molar-refractivity contribution in [2.45, 2.75) is 25.3 Å². The van der Waals surface area contributed by atoms with Crippen LogP contribution in [-0.2, 0) is 6.42 Å². The van der Waals surface area contributed by atoms with Crippen molar-refractivity contribution < 1.29 is 0 Å². The Kier molecular flexibility index (Phi) is 3.91. The molecule has 5 heteroatoms. The lowest BCUT2D eigenvalue weighted by Crippen LogP contribution is -2.19. The van der Waals surface area contributed by atoms with Gasteiger partial charge >= 0.3 is 0 Å². The number of nitrogens with zero attached hydrogens (tertiary/aromatic N) is 2. The molecular formula is C13H14IN3S. The highest BCUT2D eigenvalue weighted by atomic mass is 127. The number of hydrogen-bond donors (Lipinski definition) is 1. The first kappa shape index (κ1) is 12.5. The van der Waals surface area contributed by atoms with Crippen molar-refractivity contribution in [2.75, 3.05) is 6.54 Å². The molecule has 0 bridgehead atoms. The van der Waals surface area contributed by atoms with Crippen molar-refractivity contribution >= 4 is 33.9 Å². The minimum absolute atomic E-state index is 0.771. The summed E-state index contributed by atoms with van der Waals surface area (Å²) in [6.07, 6.45) is 3.66. The van der Waals surface area contributed by atoms with E-state index in [4.69, 9.17) is 0 Å². The second-order valence-corrected chi connectivity index (χ2v) is 6.80. The Hall–Kier alpha value is -0.530. The highest BCUT2D eigenvalue weighted by Gasteiger charge is 2.19. The summed E-state index contributed by atoms with van der Waals surface area (Å²) >= 11 is 4.02. The van der Waals surface area contributed by atoms with Gasteiger partial charge in [-0.05, 0) is 47.6 Å². The topological polar surface area (TPSA) is 37.8 Å². The van der Waals surface area contributed by atoms with Crippen molar-refractivity contribution in [3.05, 3.63) is 32.8 Å². The van der Waals surface area contributed by atoms with E-state index in [1.807, 2.05) is 0 Å². The molecule has 2 aromatic rings. The van der Waals surface area contributed by atoms with E-state index in [0.29, 0.717) is 0 Å². The van der Waals surface area contributed by atoms with Crippen molar-refractivity contribution in [3.63, 3.8) is 0 Å². The maximum atomic E-state index is 4.28. The molecule has 0 radical (unpaired) electrons. The van der Waals surface area contributed by atoms with Crippen molar-refractivity contribution in [2.24, 2.45) is 0 Å². The van der Waals surface area contributed by atoms with Gasteiger partial charge in [0.2, 0.25) is 0 Å². The van der Waals surface area contributed by atoms with Crippen molar-refractivity contribution in [1.29, 1.82) is 0 Å². The van der Waals surface area contributed by atoms with Crippen molar-refractivity contribution in [3.8, 4) is 10.6 Å². The van der Waals surface area contributed by atoms with E-state index in [0.717, 1.165) is 29.0 Å². The Balaban J connectivity index is 1.64. The Morgan fingerprint density at radius 2 is 2.22 bits per heavy atom. The zero-order chi connectivity index (χ0) is 12.4.